The van der Waals surface area contributed by atoms with Crippen LogP contribution in [0.25, 0.3) is 6.08 Å². The van der Waals surface area contributed by atoms with Gasteiger partial charge >= 0.3 is 0 Å². The Morgan fingerprint density at radius 1 is 0.969 bits per heavy atom. The molecular formula is C25H23ClN2O4. The van der Waals surface area contributed by atoms with E-state index in [0.717, 1.165) is 0 Å². The Bertz CT molecular complexity index is 1110. The molecule has 0 aliphatic carbocycles. The average Bonchev–Trinajstić information content (AvgIpc) is 2.81. The van der Waals surface area contributed by atoms with Crippen molar-refractivity contribution in [3.05, 3.63) is 94.6 Å². The van der Waals surface area contributed by atoms with Crippen molar-refractivity contribution in [1.82, 2.24) is 5.32 Å². The molecule has 0 atom stereocenters. The Hall–Kier alpha value is -3.77. The van der Waals surface area contributed by atoms with Gasteiger partial charge in [-0.1, -0.05) is 35.9 Å². The zero-order valence-corrected chi connectivity index (χ0v) is 18.5. The minimum atomic E-state index is -0.482. The van der Waals surface area contributed by atoms with Gasteiger partial charge in [0.25, 0.3) is 11.8 Å². The first-order chi connectivity index (χ1) is 15.5. The van der Waals surface area contributed by atoms with Crippen molar-refractivity contribution < 1.29 is 19.1 Å². The molecule has 0 fully saturated rings. The molecule has 2 amide bonds. The molecule has 3 aromatic rings. The molecule has 0 aliphatic heterocycles. The van der Waals surface area contributed by atoms with Crippen molar-refractivity contribution in [1.29, 1.82) is 0 Å². The van der Waals surface area contributed by atoms with Crippen molar-refractivity contribution >= 4 is 35.2 Å². The predicted octanol–water partition coefficient (Wildman–Crippen LogP) is 5.16. The molecule has 0 spiro atoms. The summed E-state index contributed by atoms with van der Waals surface area (Å²) in [6.07, 6.45) is 1.57. The van der Waals surface area contributed by atoms with Crippen LogP contribution in [0.1, 0.15) is 22.8 Å². The summed E-state index contributed by atoms with van der Waals surface area (Å²) < 4.78 is 10.9. The second kappa shape index (κ2) is 11.0. The second-order valence-corrected chi connectivity index (χ2v) is 7.12. The maximum atomic E-state index is 13.0. The van der Waals surface area contributed by atoms with Crippen LogP contribution < -0.4 is 20.1 Å². The Morgan fingerprint density at radius 3 is 2.34 bits per heavy atom. The fourth-order valence-corrected chi connectivity index (χ4v) is 3.02. The van der Waals surface area contributed by atoms with Crippen LogP contribution in [0, 0.1) is 0 Å². The molecular weight excluding hydrogens is 428 g/mol. The molecule has 3 rings (SSSR count). The van der Waals surface area contributed by atoms with Gasteiger partial charge in [0.1, 0.15) is 5.70 Å². The van der Waals surface area contributed by atoms with Crippen molar-refractivity contribution in [2.75, 3.05) is 19.0 Å². The van der Waals surface area contributed by atoms with E-state index in [-0.39, 0.29) is 5.70 Å². The van der Waals surface area contributed by atoms with Crippen LogP contribution in [-0.4, -0.2) is 25.5 Å². The van der Waals surface area contributed by atoms with Crippen LogP contribution in [0.5, 0.6) is 11.5 Å². The topological polar surface area (TPSA) is 76.7 Å². The zero-order valence-electron chi connectivity index (χ0n) is 17.7. The van der Waals surface area contributed by atoms with Crippen molar-refractivity contribution in [2.24, 2.45) is 0 Å². The predicted molar refractivity (Wildman–Crippen MR) is 126 cm³/mol. The molecule has 6 nitrogen and oxygen atoms in total. The minimum absolute atomic E-state index is 0.0695. The highest BCUT2D eigenvalue weighted by molar-refractivity contribution is 6.30. The lowest BCUT2D eigenvalue weighted by molar-refractivity contribution is -0.113. The van der Waals surface area contributed by atoms with Gasteiger partial charge in [0.05, 0.1) is 13.7 Å². The van der Waals surface area contributed by atoms with E-state index in [1.807, 2.05) is 13.0 Å². The van der Waals surface area contributed by atoms with E-state index in [9.17, 15) is 9.59 Å². The van der Waals surface area contributed by atoms with Gasteiger partial charge in [0.15, 0.2) is 11.5 Å². The van der Waals surface area contributed by atoms with Gasteiger partial charge in [-0.2, -0.15) is 0 Å². The number of halogens is 1. The van der Waals surface area contributed by atoms with E-state index in [0.29, 0.717) is 39.9 Å². The monoisotopic (exact) mass is 450 g/mol. The van der Waals surface area contributed by atoms with Crippen LogP contribution in [0.2, 0.25) is 5.02 Å². The van der Waals surface area contributed by atoms with Crippen LogP contribution >= 0.6 is 11.6 Å². The molecule has 0 bridgehead atoms. The maximum Gasteiger partial charge on any atom is 0.272 e. The third-order valence-corrected chi connectivity index (χ3v) is 4.68. The summed E-state index contributed by atoms with van der Waals surface area (Å²) in [6, 6.07) is 20.6. The SMILES string of the molecule is CCOc1ccc(/C=C(/NC(=O)c2ccccc2)C(=O)Nc2ccc(Cl)cc2)cc1OC. The van der Waals surface area contributed by atoms with Crippen molar-refractivity contribution in [3.8, 4) is 11.5 Å². The number of amides is 2. The lowest BCUT2D eigenvalue weighted by Crippen LogP contribution is -2.30. The van der Waals surface area contributed by atoms with E-state index >= 15 is 0 Å². The molecule has 32 heavy (non-hydrogen) atoms. The Labute approximate surface area is 191 Å². The molecule has 7 heteroatoms. The van der Waals surface area contributed by atoms with Crippen LogP contribution in [0.4, 0.5) is 5.69 Å². The molecule has 0 aliphatic rings. The smallest absolute Gasteiger partial charge is 0.272 e. The zero-order chi connectivity index (χ0) is 22.9. The molecule has 0 saturated carbocycles. The highest BCUT2D eigenvalue weighted by Crippen LogP contribution is 2.29. The molecule has 0 radical (unpaired) electrons. The summed E-state index contributed by atoms with van der Waals surface area (Å²) in [5, 5.41) is 6.03. The van der Waals surface area contributed by atoms with E-state index in [1.165, 1.54) is 7.11 Å². The normalized spacial score (nSPS) is 10.9. The van der Waals surface area contributed by atoms with Gasteiger partial charge in [0.2, 0.25) is 0 Å². The minimum Gasteiger partial charge on any atom is -0.493 e. The van der Waals surface area contributed by atoms with Crippen molar-refractivity contribution in [2.45, 2.75) is 6.92 Å². The lowest BCUT2D eigenvalue weighted by Gasteiger charge is -2.13. The number of methoxy groups -OCH3 is 1. The highest BCUT2D eigenvalue weighted by atomic mass is 35.5. The molecule has 0 heterocycles. The number of nitrogens with one attached hydrogen (secondary N) is 2. The van der Waals surface area contributed by atoms with Gasteiger partial charge in [-0.3, -0.25) is 9.59 Å². The first-order valence-electron chi connectivity index (χ1n) is 9.96. The van der Waals surface area contributed by atoms with E-state index in [2.05, 4.69) is 10.6 Å². The number of hydrogen-bond acceptors (Lipinski definition) is 4. The van der Waals surface area contributed by atoms with Gasteiger partial charge in [0, 0.05) is 16.3 Å². The molecule has 0 aromatic heterocycles. The molecule has 0 saturated heterocycles. The standard InChI is InChI=1S/C25H23ClN2O4/c1-3-32-22-14-9-17(16-23(22)31-2)15-21(28-24(29)18-7-5-4-6-8-18)25(30)27-20-12-10-19(26)11-13-20/h4-16H,3H2,1-2H3,(H,27,30)(H,28,29)/b21-15+. The lowest BCUT2D eigenvalue weighted by atomic mass is 10.1. The number of anilines is 1. The Kier molecular flexibility index (Phi) is 7.89. The summed E-state index contributed by atoms with van der Waals surface area (Å²) in [5.41, 5.74) is 1.70. The van der Waals surface area contributed by atoms with Crippen LogP contribution in [0.15, 0.2) is 78.5 Å². The average molecular weight is 451 g/mol. The van der Waals surface area contributed by atoms with Crippen molar-refractivity contribution in [3.63, 3.8) is 0 Å². The fourth-order valence-electron chi connectivity index (χ4n) is 2.89. The van der Waals surface area contributed by atoms with Crippen LogP contribution in [-0.2, 0) is 4.79 Å². The number of carbonyl (C=O) groups excluding carboxylic acids is 2. The van der Waals surface area contributed by atoms with Crippen LogP contribution in [0.3, 0.4) is 0 Å². The molecule has 2 N–H and O–H groups in total. The molecule has 3 aromatic carbocycles. The highest BCUT2D eigenvalue weighted by Gasteiger charge is 2.16. The number of ether oxygens (including phenoxy) is 2. The largest absolute Gasteiger partial charge is 0.493 e. The van der Waals surface area contributed by atoms with Gasteiger partial charge in [-0.15, -0.1) is 0 Å². The van der Waals surface area contributed by atoms with Gasteiger partial charge in [-0.25, -0.2) is 0 Å². The molecule has 164 valence electrons. The van der Waals surface area contributed by atoms with Gasteiger partial charge in [-0.05, 0) is 67.1 Å². The number of rotatable bonds is 8. The first-order valence-corrected chi connectivity index (χ1v) is 10.3. The summed E-state index contributed by atoms with van der Waals surface area (Å²) in [4.78, 5) is 25.7. The first kappa shape index (κ1) is 22.9. The number of benzene rings is 3. The van der Waals surface area contributed by atoms with E-state index in [1.54, 1.807) is 72.8 Å². The summed E-state index contributed by atoms with van der Waals surface area (Å²) in [7, 11) is 1.54. The summed E-state index contributed by atoms with van der Waals surface area (Å²) in [6.45, 7) is 2.37. The number of hydrogen-bond donors (Lipinski definition) is 2. The third-order valence-electron chi connectivity index (χ3n) is 4.43. The van der Waals surface area contributed by atoms with E-state index in [4.69, 9.17) is 21.1 Å². The quantitative estimate of drug-likeness (QED) is 0.465. The summed E-state index contributed by atoms with van der Waals surface area (Å²) in [5.74, 6) is 0.227. The Balaban J connectivity index is 1.92. The van der Waals surface area contributed by atoms with Gasteiger partial charge < -0.3 is 20.1 Å². The Morgan fingerprint density at radius 2 is 1.69 bits per heavy atom. The maximum absolute atomic E-state index is 13.0. The second-order valence-electron chi connectivity index (χ2n) is 6.68. The summed E-state index contributed by atoms with van der Waals surface area (Å²) >= 11 is 5.92. The third kappa shape index (κ3) is 6.12. The number of carbonyl (C=O) groups is 2. The van der Waals surface area contributed by atoms with E-state index < -0.39 is 11.8 Å². The molecule has 0 unspecified atom stereocenters. The fraction of sp³-hybridized carbons (Fsp3) is 0.120.